The van der Waals surface area contributed by atoms with Crippen LogP contribution in [0.3, 0.4) is 0 Å². The quantitative estimate of drug-likeness (QED) is 0.757. The van der Waals surface area contributed by atoms with Gasteiger partial charge in [0.2, 0.25) is 15.9 Å². The van der Waals surface area contributed by atoms with Gasteiger partial charge in [-0.1, -0.05) is 0 Å². The van der Waals surface area contributed by atoms with Gasteiger partial charge in [-0.15, -0.1) is 0 Å². The Labute approximate surface area is 167 Å². The molecule has 0 bridgehead atoms. The zero-order valence-corrected chi connectivity index (χ0v) is 18.2. The zero-order valence-electron chi connectivity index (χ0n) is 17.4. The molecule has 9 heteroatoms. The van der Waals surface area contributed by atoms with Crippen LogP contribution in [0.15, 0.2) is 11.0 Å². The van der Waals surface area contributed by atoms with Crippen LogP contribution < -0.4 is 4.74 Å². The Kier molecular flexibility index (Phi) is 5.77. The minimum Gasteiger partial charge on any atom is -0.473 e. The monoisotopic (exact) mass is 407 g/mol. The summed E-state index contributed by atoms with van der Waals surface area (Å²) in [4.78, 5) is 8.88. The lowest BCUT2D eigenvalue weighted by atomic mass is 10.1. The van der Waals surface area contributed by atoms with Gasteiger partial charge in [0.25, 0.3) is 0 Å². The van der Waals surface area contributed by atoms with Crippen LogP contribution in [0, 0.1) is 27.7 Å². The van der Waals surface area contributed by atoms with Gasteiger partial charge in [0.15, 0.2) is 0 Å². The lowest BCUT2D eigenvalue weighted by Gasteiger charge is -2.32. The first-order valence-corrected chi connectivity index (χ1v) is 11.1. The number of rotatable bonds is 5. The standard InChI is InChI=1S/C19H29N5O3S/c1-12(2)24-15(5)19(14(4)22-24)28(25,26)23-9-7-8-17(11-23)27-18-10-13(3)20-16(6)21-18/h10,12,17H,7-9,11H2,1-6H3. The number of aryl methyl sites for hydroxylation is 3. The fourth-order valence-corrected chi connectivity index (χ4v) is 5.66. The molecule has 2 aromatic heterocycles. The molecule has 0 N–H and O–H groups in total. The SMILES string of the molecule is Cc1cc(OC2CCCN(S(=O)(=O)c3c(C)nn(C(C)C)c3C)C2)nc(C)n1. The Bertz CT molecular complexity index is 948. The highest BCUT2D eigenvalue weighted by Gasteiger charge is 2.35. The van der Waals surface area contributed by atoms with E-state index in [0.717, 1.165) is 18.5 Å². The van der Waals surface area contributed by atoms with Gasteiger partial charge in [0.1, 0.15) is 16.8 Å². The third-order valence-electron chi connectivity index (χ3n) is 4.92. The van der Waals surface area contributed by atoms with Crippen molar-refractivity contribution >= 4 is 10.0 Å². The molecule has 8 nitrogen and oxygen atoms in total. The highest BCUT2D eigenvalue weighted by Crippen LogP contribution is 2.28. The lowest BCUT2D eigenvalue weighted by Crippen LogP contribution is -2.44. The van der Waals surface area contributed by atoms with Gasteiger partial charge in [-0.3, -0.25) is 4.68 Å². The summed E-state index contributed by atoms with van der Waals surface area (Å²) in [6.07, 6.45) is 1.29. The summed E-state index contributed by atoms with van der Waals surface area (Å²) in [7, 11) is -3.64. The van der Waals surface area contributed by atoms with E-state index in [9.17, 15) is 8.42 Å². The first kappa shape index (κ1) is 20.7. The van der Waals surface area contributed by atoms with E-state index in [0.29, 0.717) is 41.1 Å². The van der Waals surface area contributed by atoms with Gasteiger partial charge in [0.05, 0.1) is 17.9 Å². The Morgan fingerprint density at radius 3 is 2.50 bits per heavy atom. The van der Waals surface area contributed by atoms with E-state index in [1.165, 1.54) is 4.31 Å². The van der Waals surface area contributed by atoms with E-state index in [4.69, 9.17) is 4.74 Å². The summed E-state index contributed by atoms with van der Waals surface area (Å²) < 4.78 is 36.0. The number of nitrogens with zero attached hydrogens (tertiary/aromatic N) is 5. The Balaban J connectivity index is 1.83. The first-order chi connectivity index (χ1) is 13.1. The molecule has 1 unspecified atom stereocenters. The third kappa shape index (κ3) is 4.05. The molecular weight excluding hydrogens is 378 g/mol. The zero-order chi connectivity index (χ0) is 20.6. The van der Waals surface area contributed by atoms with Crippen LogP contribution in [0.4, 0.5) is 0 Å². The summed E-state index contributed by atoms with van der Waals surface area (Å²) in [5, 5.41) is 4.44. The molecule has 1 aliphatic rings. The molecular formula is C19H29N5O3S. The molecule has 154 valence electrons. The Morgan fingerprint density at radius 2 is 1.89 bits per heavy atom. The highest BCUT2D eigenvalue weighted by atomic mass is 32.2. The van der Waals surface area contributed by atoms with E-state index in [1.54, 1.807) is 17.7 Å². The fourth-order valence-electron chi connectivity index (χ4n) is 3.79. The molecule has 28 heavy (non-hydrogen) atoms. The maximum atomic E-state index is 13.4. The first-order valence-electron chi connectivity index (χ1n) is 9.64. The summed E-state index contributed by atoms with van der Waals surface area (Å²) in [5.74, 6) is 1.14. The average molecular weight is 408 g/mol. The second-order valence-corrected chi connectivity index (χ2v) is 9.55. The maximum Gasteiger partial charge on any atom is 0.246 e. The second kappa shape index (κ2) is 7.79. The maximum absolute atomic E-state index is 13.4. The third-order valence-corrected chi connectivity index (χ3v) is 7.03. The van der Waals surface area contributed by atoms with Gasteiger partial charge in [-0.05, 0) is 54.4 Å². The molecule has 0 radical (unpaired) electrons. The number of hydrogen-bond acceptors (Lipinski definition) is 6. The minimum absolute atomic E-state index is 0.101. The van der Waals surface area contributed by atoms with Gasteiger partial charge in [-0.25, -0.2) is 13.4 Å². The van der Waals surface area contributed by atoms with Crippen molar-refractivity contribution in [2.75, 3.05) is 13.1 Å². The van der Waals surface area contributed by atoms with Gasteiger partial charge in [0, 0.05) is 24.3 Å². The predicted molar refractivity (Wildman–Crippen MR) is 106 cm³/mol. The van der Waals surface area contributed by atoms with Crippen molar-refractivity contribution in [1.29, 1.82) is 0 Å². The van der Waals surface area contributed by atoms with Crippen molar-refractivity contribution in [2.24, 2.45) is 0 Å². The fraction of sp³-hybridized carbons (Fsp3) is 0.632. The van der Waals surface area contributed by atoms with E-state index in [-0.39, 0.29) is 12.1 Å². The molecule has 0 aromatic carbocycles. The number of sulfonamides is 1. The van der Waals surface area contributed by atoms with E-state index in [2.05, 4.69) is 15.1 Å². The number of hydrogen-bond donors (Lipinski definition) is 0. The van der Waals surface area contributed by atoms with Crippen LogP contribution in [-0.2, 0) is 10.0 Å². The summed E-state index contributed by atoms with van der Waals surface area (Å²) in [6, 6.07) is 1.88. The van der Waals surface area contributed by atoms with Crippen molar-refractivity contribution in [1.82, 2.24) is 24.1 Å². The molecule has 0 spiro atoms. The van der Waals surface area contributed by atoms with Crippen LogP contribution >= 0.6 is 0 Å². The van der Waals surface area contributed by atoms with Crippen molar-refractivity contribution in [3.8, 4) is 5.88 Å². The van der Waals surface area contributed by atoms with E-state index in [1.807, 2.05) is 34.6 Å². The Hall–Kier alpha value is -2.00. The smallest absolute Gasteiger partial charge is 0.246 e. The van der Waals surface area contributed by atoms with Crippen LogP contribution in [-0.4, -0.2) is 51.7 Å². The molecule has 3 rings (SSSR count). The molecule has 0 amide bonds. The van der Waals surface area contributed by atoms with Crippen molar-refractivity contribution < 1.29 is 13.2 Å². The van der Waals surface area contributed by atoms with E-state index >= 15 is 0 Å². The highest BCUT2D eigenvalue weighted by molar-refractivity contribution is 7.89. The molecule has 0 aliphatic carbocycles. The number of ether oxygens (including phenoxy) is 1. The van der Waals surface area contributed by atoms with Crippen molar-refractivity contribution in [3.05, 3.63) is 29.0 Å². The van der Waals surface area contributed by atoms with Gasteiger partial charge < -0.3 is 4.74 Å². The van der Waals surface area contributed by atoms with Crippen LogP contribution in [0.5, 0.6) is 5.88 Å². The number of piperidine rings is 1. The molecule has 2 aromatic rings. The molecule has 1 saturated heterocycles. The van der Waals surface area contributed by atoms with Crippen LogP contribution in [0.1, 0.15) is 55.6 Å². The molecule has 3 heterocycles. The topological polar surface area (TPSA) is 90.2 Å². The normalized spacial score (nSPS) is 18.6. The van der Waals surface area contributed by atoms with Crippen LogP contribution in [0.25, 0.3) is 0 Å². The van der Waals surface area contributed by atoms with Gasteiger partial charge >= 0.3 is 0 Å². The minimum atomic E-state index is -3.64. The lowest BCUT2D eigenvalue weighted by molar-refractivity contribution is 0.124. The van der Waals surface area contributed by atoms with E-state index < -0.39 is 10.0 Å². The van der Waals surface area contributed by atoms with Gasteiger partial charge in [-0.2, -0.15) is 14.4 Å². The largest absolute Gasteiger partial charge is 0.473 e. The average Bonchev–Trinajstić information content (AvgIpc) is 2.89. The number of aromatic nitrogens is 4. The van der Waals surface area contributed by atoms with Crippen LogP contribution in [0.2, 0.25) is 0 Å². The molecule has 0 saturated carbocycles. The van der Waals surface area contributed by atoms with Crippen molar-refractivity contribution in [3.63, 3.8) is 0 Å². The molecule has 1 fully saturated rings. The predicted octanol–water partition coefficient (Wildman–Crippen LogP) is 2.72. The summed E-state index contributed by atoms with van der Waals surface area (Å²) >= 11 is 0. The van der Waals surface area contributed by atoms with Crippen molar-refractivity contribution in [2.45, 2.75) is 71.4 Å². The molecule has 1 atom stereocenters. The molecule has 1 aliphatic heterocycles. The summed E-state index contributed by atoms with van der Waals surface area (Å²) in [5.41, 5.74) is 2.05. The Morgan fingerprint density at radius 1 is 1.18 bits per heavy atom. The second-order valence-electron chi connectivity index (χ2n) is 7.68. The summed E-state index contributed by atoms with van der Waals surface area (Å²) in [6.45, 7) is 12.0.